The zero-order valence-corrected chi connectivity index (χ0v) is 14.8. The van der Waals surface area contributed by atoms with Crippen LogP contribution in [0.2, 0.25) is 0 Å². The molecule has 0 radical (unpaired) electrons. The number of benzene rings is 2. The Morgan fingerprint density at radius 1 is 1.04 bits per heavy atom. The third kappa shape index (κ3) is 4.16. The minimum absolute atomic E-state index is 0.794. The molecule has 0 saturated carbocycles. The molecule has 0 amide bonds. The Morgan fingerprint density at radius 3 is 2.50 bits per heavy atom. The summed E-state index contributed by atoms with van der Waals surface area (Å²) >= 11 is 0. The highest BCUT2D eigenvalue weighted by Crippen LogP contribution is 2.29. The summed E-state index contributed by atoms with van der Waals surface area (Å²) in [6.07, 6.45) is 2.23. The molecule has 0 aromatic heterocycles. The van der Waals surface area contributed by atoms with Crippen molar-refractivity contribution in [1.29, 1.82) is 0 Å². The van der Waals surface area contributed by atoms with E-state index < -0.39 is 0 Å². The lowest BCUT2D eigenvalue weighted by Crippen LogP contribution is -2.26. The first-order valence-electron chi connectivity index (χ1n) is 8.94. The molecule has 0 atom stereocenters. The summed E-state index contributed by atoms with van der Waals surface area (Å²) in [6.45, 7) is 7.06. The highest BCUT2D eigenvalue weighted by Gasteiger charge is 2.15. The fourth-order valence-corrected chi connectivity index (χ4v) is 3.24. The molecule has 1 N–H and O–H groups in total. The van der Waals surface area contributed by atoms with Gasteiger partial charge in [0.05, 0.1) is 6.61 Å². The highest BCUT2D eigenvalue weighted by molar-refractivity contribution is 5.62. The third-order valence-corrected chi connectivity index (χ3v) is 4.90. The first kappa shape index (κ1) is 17.0. The molecule has 24 heavy (non-hydrogen) atoms. The van der Waals surface area contributed by atoms with E-state index in [9.17, 15) is 0 Å². The maximum absolute atomic E-state index is 5.18. The van der Waals surface area contributed by atoms with Crippen LogP contribution in [0.1, 0.15) is 29.2 Å². The number of rotatable bonds is 9. The summed E-state index contributed by atoms with van der Waals surface area (Å²) in [7, 11) is 1.76. The van der Waals surface area contributed by atoms with Crippen molar-refractivity contribution in [2.45, 2.75) is 32.9 Å². The van der Waals surface area contributed by atoms with E-state index in [2.05, 4.69) is 59.6 Å². The molecule has 1 aliphatic rings. The lowest BCUT2D eigenvalue weighted by atomic mass is 9.95. The van der Waals surface area contributed by atoms with E-state index in [0.717, 1.165) is 45.6 Å². The summed E-state index contributed by atoms with van der Waals surface area (Å²) in [5.74, 6) is 0. The predicted molar refractivity (Wildman–Crippen MR) is 100 cm³/mol. The zero-order valence-electron chi connectivity index (χ0n) is 14.8. The van der Waals surface area contributed by atoms with Gasteiger partial charge in [0, 0.05) is 32.4 Å². The predicted octanol–water partition coefficient (Wildman–Crippen LogP) is 3.87. The maximum Gasteiger partial charge on any atom is 0.0589 e. The quantitative estimate of drug-likeness (QED) is 0.758. The van der Waals surface area contributed by atoms with E-state index >= 15 is 0 Å². The van der Waals surface area contributed by atoms with Gasteiger partial charge in [0.15, 0.2) is 0 Å². The Hall–Kier alpha value is -1.84. The fourth-order valence-electron chi connectivity index (χ4n) is 3.24. The number of aryl methyl sites for hydroxylation is 2. The molecule has 3 rings (SSSR count). The molecule has 0 unspecified atom stereocenters. The Labute approximate surface area is 145 Å². The third-order valence-electron chi connectivity index (χ3n) is 4.90. The fraction of sp³-hybridized carbons (Fsp3) is 0.429. The maximum atomic E-state index is 5.18. The lowest BCUT2D eigenvalue weighted by molar-refractivity contribution is 0.147. The molecule has 1 heterocycles. The topological polar surface area (TPSA) is 24.5 Å². The summed E-state index contributed by atoms with van der Waals surface area (Å²) in [5, 5.41) is 3.36. The van der Waals surface area contributed by atoms with Crippen LogP contribution in [0.25, 0.3) is 0 Å². The van der Waals surface area contributed by atoms with Gasteiger partial charge in [-0.3, -0.25) is 4.90 Å². The van der Waals surface area contributed by atoms with Crippen LogP contribution in [0, 0.1) is 0 Å². The van der Waals surface area contributed by atoms with Gasteiger partial charge in [-0.2, -0.15) is 0 Å². The molecular weight excluding hydrogens is 296 g/mol. The van der Waals surface area contributed by atoms with E-state index in [4.69, 9.17) is 4.74 Å². The van der Waals surface area contributed by atoms with Crippen molar-refractivity contribution in [1.82, 2.24) is 4.90 Å². The van der Waals surface area contributed by atoms with Crippen LogP contribution in [0.5, 0.6) is 0 Å². The first-order chi connectivity index (χ1) is 11.8. The van der Waals surface area contributed by atoms with Gasteiger partial charge in [-0.1, -0.05) is 43.3 Å². The van der Waals surface area contributed by atoms with Crippen LogP contribution in [0.4, 0.5) is 5.69 Å². The minimum atomic E-state index is 0.794. The molecule has 1 aliphatic heterocycles. The molecule has 128 valence electrons. The van der Waals surface area contributed by atoms with Crippen molar-refractivity contribution >= 4 is 5.69 Å². The normalized spacial score (nSPS) is 12.6. The second kappa shape index (κ2) is 8.32. The molecule has 2 aromatic rings. The van der Waals surface area contributed by atoms with Crippen LogP contribution in [0.15, 0.2) is 42.5 Å². The van der Waals surface area contributed by atoms with Gasteiger partial charge >= 0.3 is 0 Å². The van der Waals surface area contributed by atoms with Gasteiger partial charge < -0.3 is 10.1 Å². The van der Waals surface area contributed by atoms with Crippen molar-refractivity contribution in [3.63, 3.8) is 0 Å². The number of likely N-dealkylation sites (N-methyl/N-ethyl adjacent to an activating group) is 1. The van der Waals surface area contributed by atoms with E-state index in [1.165, 1.54) is 27.9 Å². The second-order valence-electron chi connectivity index (χ2n) is 6.47. The standard InChI is InChI=1S/C21H28N2O/c1-3-23(13-14-24-2)16-18-9-7-17(8-10-18)11-12-19-5-4-6-21-20(19)15-22-21/h4-10,22H,3,11-16H2,1-2H3. The van der Waals surface area contributed by atoms with Crippen molar-refractivity contribution in [3.05, 3.63) is 64.7 Å². The van der Waals surface area contributed by atoms with E-state index in [1.54, 1.807) is 7.11 Å². The molecular formula is C21H28N2O. The van der Waals surface area contributed by atoms with Crippen LogP contribution in [-0.2, 0) is 30.7 Å². The van der Waals surface area contributed by atoms with Gasteiger partial charge in [0.2, 0.25) is 0 Å². The Kier molecular flexibility index (Phi) is 5.89. The second-order valence-corrected chi connectivity index (χ2v) is 6.47. The van der Waals surface area contributed by atoms with Crippen LogP contribution in [-0.4, -0.2) is 31.7 Å². The number of hydrogen-bond acceptors (Lipinski definition) is 3. The lowest BCUT2D eigenvalue weighted by Gasteiger charge is -2.24. The smallest absolute Gasteiger partial charge is 0.0589 e. The van der Waals surface area contributed by atoms with Gasteiger partial charge in [0.25, 0.3) is 0 Å². The molecule has 0 aliphatic carbocycles. The summed E-state index contributed by atoms with van der Waals surface area (Å²) in [5.41, 5.74) is 7.12. The van der Waals surface area contributed by atoms with E-state index in [-0.39, 0.29) is 0 Å². The average Bonchev–Trinajstić information content (AvgIpc) is 2.59. The molecule has 3 heteroatoms. The van der Waals surface area contributed by atoms with Gasteiger partial charge in [-0.15, -0.1) is 0 Å². The number of ether oxygens (including phenoxy) is 1. The number of nitrogens with one attached hydrogen (secondary N) is 1. The number of fused-ring (bicyclic) bond motifs is 1. The Balaban J connectivity index is 1.53. The monoisotopic (exact) mass is 324 g/mol. The average molecular weight is 324 g/mol. The molecule has 0 bridgehead atoms. The van der Waals surface area contributed by atoms with Crippen LogP contribution in [0.3, 0.4) is 0 Å². The Morgan fingerprint density at radius 2 is 1.83 bits per heavy atom. The van der Waals surface area contributed by atoms with E-state index in [0.29, 0.717) is 0 Å². The Bertz CT molecular complexity index is 651. The molecule has 3 nitrogen and oxygen atoms in total. The van der Waals surface area contributed by atoms with Crippen LogP contribution < -0.4 is 5.32 Å². The summed E-state index contributed by atoms with van der Waals surface area (Å²) in [6, 6.07) is 15.7. The van der Waals surface area contributed by atoms with Crippen molar-refractivity contribution in [3.8, 4) is 0 Å². The zero-order chi connectivity index (χ0) is 16.8. The first-order valence-corrected chi connectivity index (χ1v) is 8.94. The van der Waals surface area contributed by atoms with E-state index in [1.807, 2.05) is 0 Å². The van der Waals surface area contributed by atoms with Crippen molar-refractivity contribution in [2.75, 3.05) is 32.1 Å². The molecule has 0 saturated heterocycles. The molecule has 2 aromatic carbocycles. The number of methoxy groups -OCH3 is 1. The number of anilines is 1. The summed E-state index contributed by atoms with van der Waals surface area (Å²) < 4.78 is 5.18. The molecule has 0 spiro atoms. The minimum Gasteiger partial charge on any atom is -0.383 e. The van der Waals surface area contributed by atoms with Gasteiger partial charge in [0.1, 0.15) is 0 Å². The SMILES string of the molecule is CCN(CCOC)Cc1ccc(CCc2cccc3c2CN3)cc1. The van der Waals surface area contributed by atoms with Gasteiger partial charge in [-0.05, 0) is 47.7 Å². The summed E-state index contributed by atoms with van der Waals surface area (Å²) in [4.78, 5) is 2.41. The van der Waals surface area contributed by atoms with Crippen molar-refractivity contribution in [2.24, 2.45) is 0 Å². The number of nitrogens with zero attached hydrogens (tertiary/aromatic N) is 1. The van der Waals surface area contributed by atoms with Crippen LogP contribution >= 0.6 is 0 Å². The highest BCUT2D eigenvalue weighted by atomic mass is 16.5. The van der Waals surface area contributed by atoms with Crippen molar-refractivity contribution < 1.29 is 4.74 Å². The van der Waals surface area contributed by atoms with Gasteiger partial charge in [-0.25, -0.2) is 0 Å². The largest absolute Gasteiger partial charge is 0.383 e. The molecule has 0 fully saturated rings. The number of hydrogen-bond donors (Lipinski definition) is 1.